The Hall–Kier alpha value is -2.22. The van der Waals surface area contributed by atoms with Gasteiger partial charge in [0.1, 0.15) is 6.10 Å². The van der Waals surface area contributed by atoms with Crippen molar-refractivity contribution in [1.82, 2.24) is 4.31 Å². The second-order valence-corrected chi connectivity index (χ2v) is 9.27. The molecule has 1 saturated heterocycles. The van der Waals surface area contributed by atoms with Crippen molar-refractivity contribution in [2.75, 3.05) is 18.5 Å². The van der Waals surface area contributed by atoms with Crippen LogP contribution in [0.4, 0.5) is 5.69 Å². The minimum absolute atomic E-state index is 0.00137. The lowest BCUT2D eigenvalue weighted by molar-refractivity contribution is -0.124. The van der Waals surface area contributed by atoms with Gasteiger partial charge >= 0.3 is 0 Å². The first-order valence-electron chi connectivity index (χ1n) is 9.57. The van der Waals surface area contributed by atoms with Crippen molar-refractivity contribution in [3.63, 3.8) is 0 Å². The van der Waals surface area contributed by atoms with E-state index in [2.05, 4.69) is 5.32 Å². The van der Waals surface area contributed by atoms with Crippen molar-refractivity contribution in [2.24, 2.45) is 0 Å². The molecule has 2 heterocycles. The van der Waals surface area contributed by atoms with Gasteiger partial charge in [-0.05, 0) is 48.1 Å². The maximum absolute atomic E-state index is 12.8. The average molecular weight is 401 g/mol. The van der Waals surface area contributed by atoms with Gasteiger partial charge in [0.25, 0.3) is 5.91 Å². The average Bonchev–Trinajstić information content (AvgIpc) is 3.23. The number of rotatable bonds is 5. The van der Waals surface area contributed by atoms with Gasteiger partial charge < -0.3 is 10.1 Å². The summed E-state index contributed by atoms with van der Waals surface area (Å²) in [6.45, 7) is 1.43. The zero-order valence-electron chi connectivity index (χ0n) is 15.6. The van der Waals surface area contributed by atoms with Crippen LogP contribution in [0.2, 0.25) is 0 Å². The monoisotopic (exact) mass is 400 g/mol. The van der Waals surface area contributed by atoms with E-state index in [0.717, 1.165) is 29.5 Å². The number of sulfonamides is 1. The molecule has 7 heteroatoms. The van der Waals surface area contributed by atoms with Crippen molar-refractivity contribution in [3.8, 4) is 0 Å². The van der Waals surface area contributed by atoms with Gasteiger partial charge in [-0.3, -0.25) is 4.79 Å². The first-order valence-corrected chi connectivity index (χ1v) is 11.2. The van der Waals surface area contributed by atoms with E-state index < -0.39 is 16.1 Å². The summed E-state index contributed by atoms with van der Waals surface area (Å²) >= 11 is 0. The summed E-state index contributed by atoms with van der Waals surface area (Å²) in [7, 11) is -3.40. The molecule has 1 N–H and O–H groups in total. The molecule has 1 fully saturated rings. The standard InChI is InChI=1S/C21H24N2O4S/c24-21(20-7-4-12-27-20)22-19-9-8-17-10-11-23(14-18(17)13-19)28(25,26)15-16-5-2-1-3-6-16/h1-3,5-6,8-9,13,20H,4,7,10-12,14-15H2,(H,22,24). The molecule has 0 bridgehead atoms. The lowest BCUT2D eigenvalue weighted by Gasteiger charge is -2.28. The van der Waals surface area contributed by atoms with Crippen LogP contribution in [0.5, 0.6) is 0 Å². The summed E-state index contributed by atoms with van der Waals surface area (Å²) in [5.74, 6) is -0.139. The van der Waals surface area contributed by atoms with E-state index in [-0.39, 0.29) is 11.7 Å². The van der Waals surface area contributed by atoms with Crippen molar-refractivity contribution in [3.05, 3.63) is 65.2 Å². The van der Waals surface area contributed by atoms with E-state index in [1.54, 1.807) is 0 Å². The van der Waals surface area contributed by atoms with Gasteiger partial charge in [0, 0.05) is 25.4 Å². The first-order chi connectivity index (χ1) is 13.5. The zero-order valence-corrected chi connectivity index (χ0v) is 16.5. The Morgan fingerprint density at radius 1 is 1.14 bits per heavy atom. The highest BCUT2D eigenvalue weighted by Crippen LogP contribution is 2.26. The van der Waals surface area contributed by atoms with E-state index in [1.807, 2.05) is 48.5 Å². The molecule has 0 radical (unpaired) electrons. The number of carbonyl (C=O) groups is 1. The number of anilines is 1. The fraction of sp³-hybridized carbons (Fsp3) is 0.381. The molecular formula is C21H24N2O4S. The molecule has 4 rings (SSSR count). The summed E-state index contributed by atoms with van der Waals surface area (Å²) in [5, 5.41) is 2.90. The van der Waals surface area contributed by atoms with E-state index >= 15 is 0 Å². The number of hydrogen-bond donors (Lipinski definition) is 1. The van der Waals surface area contributed by atoms with Crippen LogP contribution in [-0.4, -0.2) is 37.9 Å². The van der Waals surface area contributed by atoms with Gasteiger partial charge in [-0.1, -0.05) is 36.4 Å². The fourth-order valence-electron chi connectivity index (χ4n) is 3.73. The lowest BCUT2D eigenvalue weighted by atomic mass is 10.0. The van der Waals surface area contributed by atoms with E-state index in [4.69, 9.17) is 4.74 Å². The van der Waals surface area contributed by atoms with Crippen molar-refractivity contribution in [1.29, 1.82) is 0 Å². The largest absolute Gasteiger partial charge is 0.368 e. The van der Waals surface area contributed by atoms with Crippen LogP contribution in [0, 0.1) is 0 Å². The van der Waals surface area contributed by atoms with Crippen LogP contribution in [0.1, 0.15) is 29.5 Å². The van der Waals surface area contributed by atoms with Crippen molar-refractivity contribution < 1.29 is 17.9 Å². The predicted molar refractivity (Wildman–Crippen MR) is 107 cm³/mol. The Morgan fingerprint density at radius 3 is 2.71 bits per heavy atom. The Bertz CT molecular complexity index is 954. The number of carbonyl (C=O) groups excluding carboxylic acids is 1. The minimum atomic E-state index is -3.40. The summed E-state index contributed by atoms with van der Waals surface area (Å²) in [6, 6.07) is 15.0. The second kappa shape index (κ2) is 8.03. The summed E-state index contributed by atoms with van der Waals surface area (Å²) in [5.41, 5.74) is 3.53. The third-order valence-electron chi connectivity index (χ3n) is 5.26. The van der Waals surface area contributed by atoms with Crippen LogP contribution in [-0.2, 0) is 38.3 Å². The maximum Gasteiger partial charge on any atom is 0.253 e. The Balaban J connectivity index is 1.47. The highest BCUT2D eigenvalue weighted by atomic mass is 32.2. The Kier molecular flexibility index (Phi) is 5.48. The fourth-order valence-corrected chi connectivity index (χ4v) is 5.23. The van der Waals surface area contributed by atoms with Crippen LogP contribution in [0.25, 0.3) is 0 Å². The van der Waals surface area contributed by atoms with Gasteiger partial charge in [0.2, 0.25) is 10.0 Å². The van der Waals surface area contributed by atoms with Crippen LogP contribution >= 0.6 is 0 Å². The van der Waals surface area contributed by atoms with Crippen molar-refractivity contribution >= 4 is 21.6 Å². The molecule has 6 nitrogen and oxygen atoms in total. The Labute approximate surface area is 165 Å². The normalized spacial score (nSPS) is 19.9. The highest BCUT2D eigenvalue weighted by molar-refractivity contribution is 7.88. The molecular weight excluding hydrogens is 376 g/mol. The predicted octanol–water partition coefficient (Wildman–Crippen LogP) is 2.69. The molecule has 148 valence electrons. The molecule has 2 aliphatic heterocycles. The van der Waals surface area contributed by atoms with Gasteiger partial charge in [-0.25, -0.2) is 8.42 Å². The number of hydrogen-bond acceptors (Lipinski definition) is 4. The van der Waals surface area contributed by atoms with Gasteiger partial charge in [0.05, 0.1) is 5.75 Å². The molecule has 28 heavy (non-hydrogen) atoms. The topological polar surface area (TPSA) is 75.7 Å². The van der Waals surface area contributed by atoms with Gasteiger partial charge in [-0.2, -0.15) is 4.31 Å². The smallest absolute Gasteiger partial charge is 0.253 e. The molecule has 0 aromatic heterocycles. The van der Waals surface area contributed by atoms with Crippen LogP contribution in [0.3, 0.4) is 0 Å². The molecule has 2 aliphatic rings. The number of nitrogens with one attached hydrogen (secondary N) is 1. The highest BCUT2D eigenvalue weighted by Gasteiger charge is 2.28. The van der Waals surface area contributed by atoms with Crippen molar-refractivity contribution in [2.45, 2.75) is 37.7 Å². The zero-order chi connectivity index (χ0) is 19.6. The van der Waals surface area contributed by atoms with Crippen LogP contribution in [0.15, 0.2) is 48.5 Å². The first kappa shape index (κ1) is 19.1. The van der Waals surface area contributed by atoms with Crippen LogP contribution < -0.4 is 5.32 Å². The molecule has 0 aliphatic carbocycles. The molecule has 2 aromatic rings. The lowest BCUT2D eigenvalue weighted by Crippen LogP contribution is -2.36. The minimum Gasteiger partial charge on any atom is -0.368 e. The summed E-state index contributed by atoms with van der Waals surface area (Å²) in [4.78, 5) is 12.3. The molecule has 1 amide bonds. The number of nitrogens with zero attached hydrogens (tertiary/aromatic N) is 1. The van der Waals surface area contributed by atoms with Gasteiger partial charge in [-0.15, -0.1) is 0 Å². The molecule has 0 saturated carbocycles. The molecule has 1 unspecified atom stereocenters. The van der Waals surface area contributed by atoms with E-state index in [9.17, 15) is 13.2 Å². The number of ether oxygens (including phenoxy) is 1. The number of fused-ring (bicyclic) bond motifs is 1. The Morgan fingerprint density at radius 2 is 1.96 bits per heavy atom. The quantitative estimate of drug-likeness (QED) is 0.837. The van der Waals surface area contributed by atoms with E-state index in [0.29, 0.717) is 31.8 Å². The number of amides is 1. The maximum atomic E-state index is 12.8. The second-order valence-electron chi connectivity index (χ2n) is 7.30. The summed E-state index contributed by atoms with van der Waals surface area (Å²) < 4.78 is 32.6. The van der Waals surface area contributed by atoms with E-state index in [1.165, 1.54) is 4.31 Å². The van der Waals surface area contributed by atoms with Gasteiger partial charge in [0.15, 0.2) is 0 Å². The molecule has 2 aromatic carbocycles. The summed E-state index contributed by atoms with van der Waals surface area (Å²) in [6.07, 6.45) is 1.92. The molecule has 0 spiro atoms. The third kappa shape index (κ3) is 4.27. The molecule has 1 atom stereocenters. The third-order valence-corrected chi connectivity index (χ3v) is 7.06. The SMILES string of the molecule is O=C(Nc1ccc2c(c1)CN(S(=O)(=O)Cc1ccccc1)CC2)C1CCCO1. The number of benzene rings is 2.